The summed E-state index contributed by atoms with van der Waals surface area (Å²) in [5.74, 6) is -0.481. The minimum atomic E-state index is -0.250. The predicted molar refractivity (Wildman–Crippen MR) is 77.3 cm³/mol. The lowest BCUT2D eigenvalue weighted by molar-refractivity contribution is 0.0807. The van der Waals surface area contributed by atoms with Gasteiger partial charge in [0.05, 0.1) is 6.54 Å². The standard InChI is InChI=1S/C15H22N2O3/c1-11(2)17-7-5-16(6-8-17)10-15(20)12-3-4-13(18)14(19)9-12/h3-4,9,11,18-19H,5-8,10H2,1-2H3. The van der Waals surface area contributed by atoms with E-state index in [-0.39, 0.29) is 17.3 Å². The fourth-order valence-electron chi connectivity index (χ4n) is 2.43. The quantitative estimate of drug-likeness (QED) is 0.642. The number of carbonyl (C=O) groups is 1. The van der Waals surface area contributed by atoms with Crippen molar-refractivity contribution < 1.29 is 15.0 Å². The highest BCUT2D eigenvalue weighted by molar-refractivity contribution is 5.98. The van der Waals surface area contributed by atoms with Crippen LogP contribution >= 0.6 is 0 Å². The number of phenols is 2. The van der Waals surface area contributed by atoms with Gasteiger partial charge in [0.25, 0.3) is 0 Å². The first-order valence-corrected chi connectivity index (χ1v) is 6.99. The Labute approximate surface area is 119 Å². The van der Waals surface area contributed by atoms with Crippen LogP contribution < -0.4 is 0 Å². The Kier molecular flexibility index (Phi) is 4.62. The third-order valence-corrected chi connectivity index (χ3v) is 3.80. The van der Waals surface area contributed by atoms with Crippen LogP contribution in [0, 0.1) is 0 Å². The van der Waals surface area contributed by atoms with Crippen molar-refractivity contribution in [3.05, 3.63) is 23.8 Å². The van der Waals surface area contributed by atoms with Crippen molar-refractivity contribution in [2.24, 2.45) is 0 Å². The van der Waals surface area contributed by atoms with Crippen LogP contribution in [0.1, 0.15) is 24.2 Å². The number of aromatic hydroxyl groups is 2. The average molecular weight is 278 g/mol. The number of Topliss-reactive ketones (excluding diaryl/α,β-unsaturated/α-hetero) is 1. The van der Waals surface area contributed by atoms with E-state index in [2.05, 4.69) is 23.6 Å². The normalized spacial score (nSPS) is 17.6. The Morgan fingerprint density at radius 1 is 1.15 bits per heavy atom. The Hall–Kier alpha value is -1.59. The number of phenolic OH excluding ortho intramolecular Hbond substituents is 2. The predicted octanol–water partition coefficient (Wildman–Crippen LogP) is 1.31. The summed E-state index contributed by atoms with van der Waals surface area (Å²) in [5, 5.41) is 18.7. The molecule has 2 N–H and O–H groups in total. The highest BCUT2D eigenvalue weighted by Crippen LogP contribution is 2.25. The van der Waals surface area contributed by atoms with E-state index in [1.54, 1.807) is 6.07 Å². The van der Waals surface area contributed by atoms with Crippen LogP contribution in [0.25, 0.3) is 0 Å². The van der Waals surface area contributed by atoms with Crippen molar-refractivity contribution in [2.45, 2.75) is 19.9 Å². The Morgan fingerprint density at radius 2 is 1.80 bits per heavy atom. The molecule has 0 unspecified atom stereocenters. The van der Waals surface area contributed by atoms with Gasteiger partial charge in [-0.25, -0.2) is 0 Å². The van der Waals surface area contributed by atoms with Crippen LogP contribution in [-0.2, 0) is 0 Å². The minimum Gasteiger partial charge on any atom is -0.504 e. The van der Waals surface area contributed by atoms with E-state index in [0.717, 1.165) is 26.2 Å². The molecular weight excluding hydrogens is 256 g/mol. The second kappa shape index (κ2) is 6.24. The summed E-state index contributed by atoms with van der Waals surface area (Å²) >= 11 is 0. The fraction of sp³-hybridized carbons (Fsp3) is 0.533. The van der Waals surface area contributed by atoms with Gasteiger partial charge in [0, 0.05) is 37.8 Å². The average Bonchev–Trinajstić information content (AvgIpc) is 2.42. The number of ketones is 1. The molecular formula is C15H22N2O3. The van der Waals surface area contributed by atoms with Gasteiger partial charge >= 0.3 is 0 Å². The van der Waals surface area contributed by atoms with Gasteiger partial charge in [-0.2, -0.15) is 0 Å². The zero-order valence-corrected chi connectivity index (χ0v) is 12.0. The van der Waals surface area contributed by atoms with Gasteiger partial charge in [-0.15, -0.1) is 0 Å². The maximum Gasteiger partial charge on any atom is 0.176 e. The maximum atomic E-state index is 12.1. The van der Waals surface area contributed by atoms with Crippen molar-refractivity contribution in [3.8, 4) is 11.5 Å². The monoisotopic (exact) mass is 278 g/mol. The number of benzene rings is 1. The molecule has 1 heterocycles. The largest absolute Gasteiger partial charge is 0.504 e. The molecule has 0 amide bonds. The summed E-state index contributed by atoms with van der Waals surface area (Å²) in [6, 6.07) is 4.75. The Morgan fingerprint density at radius 3 is 2.35 bits per heavy atom. The highest BCUT2D eigenvalue weighted by Gasteiger charge is 2.21. The van der Waals surface area contributed by atoms with Crippen LogP contribution in [0.5, 0.6) is 11.5 Å². The Bertz CT molecular complexity index is 480. The van der Waals surface area contributed by atoms with E-state index in [1.165, 1.54) is 12.1 Å². The molecule has 0 spiro atoms. The van der Waals surface area contributed by atoms with Crippen molar-refractivity contribution in [2.75, 3.05) is 32.7 Å². The lowest BCUT2D eigenvalue weighted by Crippen LogP contribution is -2.50. The first-order chi connectivity index (χ1) is 9.47. The molecule has 1 aromatic carbocycles. The fourth-order valence-corrected chi connectivity index (χ4v) is 2.43. The summed E-state index contributed by atoms with van der Waals surface area (Å²) < 4.78 is 0. The van der Waals surface area contributed by atoms with Crippen molar-refractivity contribution in [1.82, 2.24) is 9.80 Å². The van der Waals surface area contributed by atoms with Gasteiger partial charge in [0.15, 0.2) is 17.3 Å². The number of nitrogens with zero attached hydrogens (tertiary/aromatic N) is 2. The summed E-state index contributed by atoms with van der Waals surface area (Å²) in [7, 11) is 0. The molecule has 1 fully saturated rings. The number of carbonyl (C=O) groups excluding carboxylic acids is 1. The van der Waals surface area contributed by atoms with Gasteiger partial charge in [-0.1, -0.05) is 0 Å². The zero-order chi connectivity index (χ0) is 14.7. The summed E-state index contributed by atoms with van der Waals surface area (Å²) in [5.41, 5.74) is 0.437. The van der Waals surface area contributed by atoms with Crippen LogP contribution in [-0.4, -0.2) is 64.6 Å². The number of piperazine rings is 1. The van der Waals surface area contributed by atoms with Crippen LogP contribution in [0.4, 0.5) is 0 Å². The summed E-state index contributed by atoms with van der Waals surface area (Å²) in [6.45, 7) is 8.44. The SMILES string of the molecule is CC(C)N1CCN(CC(=O)c2ccc(O)c(O)c2)CC1. The molecule has 0 aromatic heterocycles. The zero-order valence-electron chi connectivity index (χ0n) is 12.0. The highest BCUT2D eigenvalue weighted by atomic mass is 16.3. The van der Waals surface area contributed by atoms with E-state index in [4.69, 9.17) is 0 Å². The Balaban J connectivity index is 1.91. The van der Waals surface area contributed by atoms with Gasteiger partial charge in [-0.05, 0) is 32.0 Å². The molecule has 2 rings (SSSR count). The lowest BCUT2D eigenvalue weighted by Gasteiger charge is -2.36. The minimum absolute atomic E-state index is 0.0294. The van der Waals surface area contributed by atoms with E-state index >= 15 is 0 Å². The molecule has 5 nitrogen and oxygen atoms in total. The molecule has 0 radical (unpaired) electrons. The maximum absolute atomic E-state index is 12.1. The number of hydrogen-bond acceptors (Lipinski definition) is 5. The van der Waals surface area contributed by atoms with E-state index in [1.807, 2.05) is 0 Å². The van der Waals surface area contributed by atoms with E-state index < -0.39 is 0 Å². The van der Waals surface area contributed by atoms with Crippen molar-refractivity contribution >= 4 is 5.78 Å². The lowest BCUT2D eigenvalue weighted by atomic mass is 10.1. The third-order valence-electron chi connectivity index (χ3n) is 3.80. The summed E-state index contributed by atoms with van der Waals surface area (Å²) in [6.07, 6.45) is 0. The molecule has 0 saturated carbocycles. The van der Waals surface area contributed by atoms with E-state index in [9.17, 15) is 15.0 Å². The van der Waals surface area contributed by atoms with Crippen LogP contribution in [0.15, 0.2) is 18.2 Å². The van der Waals surface area contributed by atoms with Crippen LogP contribution in [0.2, 0.25) is 0 Å². The van der Waals surface area contributed by atoms with Crippen molar-refractivity contribution in [1.29, 1.82) is 0 Å². The first kappa shape index (κ1) is 14.8. The number of hydrogen-bond donors (Lipinski definition) is 2. The molecule has 0 bridgehead atoms. The second-order valence-corrected chi connectivity index (χ2v) is 5.53. The molecule has 110 valence electrons. The van der Waals surface area contributed by atoms with Gasteiger partial charge in [0.2, 0.25) is 0 Å². The second-order valence-electron chi connectivity index (χ2n) is 5.53. The molecule has 0 aliphatic carbocycles. The molecule has 5 heteroatoms. The molecule has 1 aliphatic heterocycles. The number of rotatable bonds is 4. The molecule has 1 aromatic rings. The van der Waals surface area contributed by atoms with Crippen LogP contribution in [0.3, 0.4) is 0 Å². The molecule has 0 atom stereocenters. The van der Waals surface area contributed by atoms with Gasteiger partial charge in [-0.3, -0.25) is 14.6 Å². The summed E-state index contributed by atoms with van der Waals surface area (Å²) in [4.78, 5) is 16.7. The van der Waals surface area contributed by atoms with E-state index in [0.29, 0.717) is 18.2 Å². The first-order valence-electron chi connectivity index (χ1n) is 6.99. The third kappa shape index (κ3) is 3.49. The molecule has 1 saturated heterocycles. The van der Waals surface area contributed by atoms with Gasteiger partial charge in [0.1, 0.15) is 0 Å². The topological polar surface area (TPSA) is 64.0 Å². The van der Waals surface area contributed by atoms with Crippen molar-refractivity contribution in [3.63, 3.8) is 0 Å². The molecule has 20 heavy (non-hydrogen) atoms. The molecule has 1 aliphatic rings. The smallest absolute Gasteiger partial charge is 0.176 e. The van der Waals surface area contributed by atoms with Gasteiger partial charge < -0.3 is 10.2 Å².